The highest BCUT2D eigenvalue weighted by molar-refractivity contribution is 6.21. The quantitative estimate of drug-likeness (QED) is 0.802. The summed E-state index contributed by atoms with van der Waals surface area (Å²) >= 11 is 0. The van der Waals surface area contributed by atoms with E-state index in [0.29, 0.717) is 11.1 Å². The Morgan fingerprint density at radius 3 is 2.28 bits per heavy atom. The molecule has 1 aliphatic heterocycles. The van der Waals surface area contributed by atoms with Crippen LogP contribution in [0.1, 0.15) is 40.0 Å². The van der Waals surface area contributed by atoms with Crippen molar-refractivity contribution in [3.05, 3.63) is 35.4 Å². The first kappa shape index (κ1) is 11.4. The highest BCUT2D eigenvalue weighted by Crippen LogP contribution is 2.34. The minimum Gasteiger partial charge on any atom is -0.396 e. The van der Waals surface area contributed by atoms with Gasteiger partial charge in [0.2, 0.25) is 0 Å². The zero-order valence-corrected chi connectivity index (χ0v) is 10.0. The summed E-state index contributed by atoms with van der Waals surface area (Å²) in [5, 5.41) is 9.34. The number of fused-ring (bicyclic) bond motifs is 1. The summed E-state index contributed by atoms with van der Waals surface area (Å²) in [6, 6.07) is 6.79. The Labute approximate surface area is 105 Å². The van der Waals surface area contributed by atoms with Crippen LogP contribution in [0.25, 0.3) is 0 Å². The standard InChI is InChI=1S/C14H15NO3/c16-8-9-4-3-7-12(9)15-13(17)10-5-1-2-6-11(10)14(15)18/h1-2,5-6,9,12,16H,3-4,7-8H2. The predicted molar refractivity (Wildman–Crippen MR) is 65.2 cm³/mol. The maximum Gasteiger partial charge on any atom is 0.261 e. The molecule has 0 aromatic heterocycles. The van der Waals surface area contributed by atoms with Crippen LogP contribution in [0.2, 0.25) is 0 Å². The fraction of sp³-hybridized carbons (Fsp3) is 0.429. The molecule has 94 valence electrons. The van der Waals surface area contributed by atoms with Gasteiger partial charge in [-0.1, -0.05) is 18.6 Å². The van der Waals surface area contributed by atoms with E-state index in [9.17, 15) is 14.7 Å². The van der Waals surface area contributed by atoms with E-state index < -0.39 is 0 Å². The molecule has 1 N–H and O–H groups in total. The minimum absolute atomic E-state index is 0.0345. The molecule has 1 saturated carbocycles. The molecule has 4 nitrogen and oxygen atoms in total. The van der Waals surface area contributed by atoms with Crippen LogP contribution >= 0.6 is 0 Å². The van der Waals surface area contributed by atoms with Crippen molar-refractivity contribution in [1.29, 1.82) is 0 Å². The Morgan fingerprint density at radius 1 is 1.11 bits per heavy atom. The highest BCUT2D eigenvalue weighted by atomic mass is 16.3. The fourth-order valence-electron chi connectivity index (χ4n) is 3.08. The number of rotatable bonds is 2. The van der Waals surface area contributed by atoms with Gasteiger partial charge in [0.05, 0.1) is 11.1 Å². The molecule has 1 heterocycles. The van der Waals surface area contributed by atoms with Gasteiger partial charge in [-0.25, -0.2) is 0 Å². The number of nitrogens with zero attached hydrogens (tertiary/aromatic N) is 1. The van der Waals surface area contributed by atoms with Crippen LogP contribution in [0.5, 0.6) is 0 Å². The molecular weight excluding hydrogens is 230 g/mol. The van der Waals surface area contributed by atoms with Gasteiger partial charge >= 0.3 is 0 Å². The van der Waals surface area contributed by atoms with Crippen molar-refractivity contribution in [2.45, 2.75) is 25.3 Å². The van der Waals surface area contributed by atoms with E-state index in [1.165, 1.54) is 4.90 Å². The summed E-state index contributed by atoms with van der Waals surface area (Å²) in [6.45, 7) is 0.0398. The lowest BCUT2D eigenvalue weighted by molar-refractivity contribution is 0.0514. The molecule has 1 aromatic rings. The third kappa shape index (κ3) is 1.49. The zero-order valence-electron chi connectivity index (χ0n) is 10.0. The van der Waals surface area contributed by atoms with E-state index in [1.54, 1.807) is 24.3 Å². The van der Waals surface area contributed by atoms with Crippen molar-refractivity contribution < 1.29 is 14.7 Å². The van der Waals surface area contributed by atoms with Gasteiger partial charge in [0.25, 0.3) is 11.8 Å². The number of aliphatic hydroxyl groups excluding tert-OH is 1. The minimum atomic E-state index is -0.207. The topological polar surface area (TPSA) is 57.6 Å². The molecule has 0 saturated heterocycles. The third-order valence-corrected chi connectivity index (χ3v) is 4.01. The summed E-state index contributed by atoms with van der Waals surface area (Å²) in [5.41, 5.74) is 0.983. The average Bonchev–Trinajstić information content (AvgIpc) is 2.95. The van der Waals surface area contributed by atoms with Crippen molar-refractivity contribution in [1.82, 2.24) is 4.90 Å². The van der Waals surface area contributed by atoms with Crippen LogP contribution in [-0.4, -0.2) is 34.5 Å². The second-order valence-corrected chi connectivity index (χ2v) is 4.97. The van der Waals surface area contributed by atoms with Gasteiger partial charge in [0.1, 0.15) is 0 Å². The average molecular weight is 245 g/mol. The van der Waals surface area contributed by atoms with E-state index in [2.05, 4.69) is 0 Å². The molecule has 0 bridgehead atoms. The molecule has 18 heavy (non-hydrogen) atoms. The van der Waals surface area contributed by atoms with Crippen molar-refractivity contribution >= 4 is 11.8 Å². The largest absolute Gasteiger partial charge is 0.396 e. The summed E-state index contributed by atoms with van der Waals surface area (Å²) in [6.07, 6.45) is 2.65. The van der Waals surface area contributed by atoms with Gasteiger partial charge < -0.3 is 5.11 Å². The molecule has 2 aliphatic rings. The van der Waals surface area contributed by atoms with E-state index in [4.69, 9.17) is 0 Å². The van der Waals surface area contributed by atoms with E-state index in [1.807, 2.05) is 0 Å². The fourth-order valence-corrected chi connectivity index (χ4v) is 3.08. The van der Waals surface area contributed by atoms with E-state index >= 15 is 0 Å². The summed E-state index contributed by atoms with van der Waals surface area (Å²) in [4.78, 5) is 25.9. The first-order chi connectivity index (χ1) is 8.74. The molecule has 1 aliphatic carbocycles. The Kier molecular flexibility index (Phi) is 2.67. The molecule has 1 aromatic carbocycles. The number of imide groups is 1. The first-order valence-electron chi connectivity index (χ1n) is 6.32. The molecule has 3 rings (SSSR count). The first-order valence-corrected chi connectivity index (χ1v) is 6.32. The second-order valence-electron chi connectivity index (χ2n) is 4.97. The van der Waals surface area contributed by atoms with Crippen LogP contribution in [-0.2, 0) is 0 Å². The van der Waals surface area contributed by atoms with Crippen molar-refractivity contribution in [3.8, 4) is 0 Å². The highest BCUT2D eigenvalue weighted by Gasteiger charge is 2.43. The third-order valence-electron chi connectivity index (χ3n) is 4.01. The number of aliphatic hydroxyl groups is 1. The summed E-state index contributed by atoms with van der Waals surface area (Å²) in [7, 11) is 0. The Balaban J connectivity index is 1.97. The van der Waals surface area contributed by atoms with E-state index in [-0.39, 0.29) is 30.4 Å². The molecule has 0 radical (unpaired) electrons. The van der Waals surface area contributed by atoms with Crippen LogP contribution in [0, 0.1) is 5.92 Å². The number of hydrogen-bond donors (Lipinski definition) is 1. The van der Waals surface area contributed by atoms with Gasteiger partial charge in [-0.05, 0) is 25.0 Å². The summed E-state index contributed by atoms with van der Waals surface area (Å²) in [5.74, 6) is -0.380. The molecule has 2 atom stereocenters. The van der Waals surface area contributed by atoms with Crippen molar-refractivity contribution in [2.24, 2.45) is 5.92 Å². The van der Waals surface area contributed by atoms with Crippen LogP contribution in [0.4, 0.5) is 0 Å². The predicted octanol–water partition coefficient (Wildman–Crippen LogP) is 1.44. The van der Waals surface area contributed by atoms with Gasteiger partial charge in [-0.15, -0.1) is 0 Å². The van der Waals surface area contributed by atoms with Gasteiger partial charge in [0.15, 0.2) is 0 Å². The maximum absolute atomic E-state index is 12.3. The SMILES string of the molecule is O=C1c2ccccc2C(=O)N1C1CCCC1CO. The Bertz CT molecular complexity index is 477. The van der Waals surface area contributed by atoms with Crippen LogP contribution in [0.15, 0.2) is 24.3 Å². The molecule has 1 fully saturated rings. The molecular formula is C14H15NO3. The molecule has 0 spiro atoms. The summed E-state index contributed by atoms with van der Waals surface area (Å²) < 4.78 is 0. The number of carbonyl (C=O) groups excluding carboxylic acids is 2. The number of amides is 2. The Hall–Kier alpha value is -1.68. The number of benzene rings is 1. The van der Waals surface area contributed by atoms with E-state index in [0.717, 1.165) is 19.3 Å². The van der Waals surface area contributed by atoms with Gasteiger partial charge in [-0.2, -0.15) is 0 Å². The lowest BCUT2D eigenvalue weighted by Gasteiger charge is -2.26. The van der Waals surface area contributed by atoms with Crippen molar-refractivity contribution in [3.63, 3.8) is 0 Å². The van der Waals surface area contributed by atoms with Crippen molar-refractivity contribution in [2.75, 3.05) is 6.61 Å². The number of carbonyl (C=O) groups is 2. The van der Waals surface area contributed by atoms with Crippen LogP contribution < -0.4 is 0 Å². The lowest BCUT2D eigenvalue weighted by Crippen LogP contribution is -2.42. The second kappa shape index (κ2) is 4.21. The van der Waals surface area contributed by atoms with Gasteiger partial charge in [-0.3, -0.25) is 14.5 Å². The maximum atomic E-state index is 12.3. The molecule has 2 unspecified atom stereocenters. The normalized spacial score (nSPS) is 26.8. The smallest absolute Gasteiger partial charge is 0.261 e. The van der Waals surface area contributed by atoms with Gasteiger partial charge in [0, 0.05) is 18.6 Å². The van der Waals surface area contributed by atoms with Crippen LogP contribution in [0.3, 0.4) is 0 Å². The molecule has 4 heteroatoms. The number of hydrogen-bond acceptors (Lipinski definition) is 3. The molecule has 2 amide bonds. The lowest BCUT2D eigenvalue weighted by atomic mass is 10.0. The Morgan fingerprint density at radius 2 is 1.72 bits per heavy atom. The monoisotopic (exact) mass is 245 g/mol. The zero-order chi connectivity index (χ0) is 12.7.